The van der Waals surface area contributed by atoms with E-state index in [1.807, 2.05) is 19.1 Å². The summed E-state index contributed by atoms with van der Waals surface area (Å²) in [5.74, 6) is -1.33. The first-order valence-electron chi connectivity index (χ1n) is 7.07. The second-order valence-corrected chi connectivity index (χ2v) is 4.87. The van der Waals surface area contributed by atoms with Gasteiger partial charge in [-0.15, -0.1) is 0 Å². The molecule has 0 aliphatic carbocycles. The minimum absolute atomic E-state index is 0.0418. The van der Waals surface area contributed by atoms with Crippen LogP contribution >= 0.6 is 0 Å². The Morgan fingerprint density at radius 2 is 1.52 bits per heavy atom. The van der Waals surface area contributed by atoms with Gasteiger partial charge in [0.1, 0.15) is 0 Å². The fourth-order valence-electron chi connectivity index (χ4n) is 2.46. The summed E-state index contributed by atoms with van der Waals surface area (Å²) in [4.78, 5) is 23.8. The van der Waals surface area contributed by atoms with Crippen molar-refractivity contribution < 1.29 is 14.7 Å². The van der Waals surface area contributed by atoms with Crippen molar-refractivity contribution in [3.8, 4) is 0 Å². The molecule has 2 aromatic rings. The molecule has 1 N–H and O–H groups in total. The molecule has 0 radical (unpaired) electrons. The highest BCUT2D eigenvalue weighted by Crippen LogP contribution is 2.19. The predicted molar refractivity (Wildman–Crippen MR) is 82.0 cm³/mol. The number of rotatable bonds is 5. The first kappa shape index (κ1) is 15.0. The van der Waals surface area contributed by atoms with E-state index >= 15 is 0 Å². The van der Waals surface area contributed by atoms with E-state index in [-0.39, 0.29) is 16.9 Å². The number of aromatic carboxylic acids is 1. The lowest BCUT2D eigenvalue weighted by molar-refractivity contribution is 0.0693. The van der Waals surface area contributed by atoms with Gasteiger partial charge in [-0.1, -0.05) is 44.2 Å². The van der Waals surface area contributed by atoms with Crippen LogP contribution in [0.5, 0.6) is 0 Å². The monoisotopic (exact) mass is 282 g/mol. The molecule has 0 fully saturated rings. The van der Waals surface area contributed by atoms with Gasteiger partial charge in [0.2, 0.25) is 0 Å². The highest BCUT2D eigenvalue weighted by molar-refractivity contribution is 6.14. The van der Waals surface area contributed by atoms with Crippen LogP contribution in [0.3, 0.4) is 0 Å². The van der Waals surface area contributed by atoms with Gasteiger partial charge in [0.05, 0.1) is 5.56 Å². The molecule has 3 heteroatoms. The summed E-state index contributed by atoms with van der Waals surface area (Å²) < 4.78 is 0. The molecule has 2 rings (SSSR count). The fraction of sp³-hybridized carbons (Fsp3) is 0.222. The molecular formula is C18H18O3. The van der Waals surface area contributed by atoms with Crippen molar-refractivity contribution in [1.82, 2.24) is 0 Å². The Morgan fingerprint density at radius 1 is 0.905 bits per heavy atom. The minimum atomic E-state index is -1.08. The fourth-order valence-corrected chi connectivity index (χ4v) is 2.46. The van der Waals surface area contributed by atoms with E-state index < -0.39 is 5.97 Å². The molecule has 21 heavy (non-hydrogen) atoms. The van der Waals surface area contributed by atoms with Crippen LogP contribution in [0.4, 0.5) is 0 Å². The Morgan fingerprint density at radius 3 is 2.10 bits per heavy atom. The molecule has 0 aromatic heterocycles. The standard InChI is InChI=1S/C18H18O3/c1-3-12-9-10-14(11-13(12)4-2)17(19)15-7-5-6-8-16(15)18(20)21/h5-11H,3-4H2,1-2H3,(H,20,21). The largest absolute Gasteiger partial charge is 0.478 e. The predicted octanol–water partition coefficient (Wildman–Crippen LogP) is 3.74. The molecular weight excluding hydrogens is 264 g/mol. The highest BCUT2D eigenvalue weighted by atomic mass is 16.4. The first-order chi connectivity index (χ1) is 10.1. The third-order valence-electron chi connectivity index (χ3n) is 3.63. The summed E-state index contributed by atoms with van der Waals surface area (Å²) in [5.41, 5.74) is 3.17. The van der Waals surface area contributed by atoms with E-state index in [1.54, 1.807) is 24.3 Å². The van der Waals surface area contributed by atoms with E-state index in [0.717, 1.165) is 18.4 Å². The molecule has 0 amide bonds. The zero-order valence-corrected chi connectivity index (χ0v) is 12.2. The molecule has 3 nitrogen and oxygen atoms in total. The molecule has 0 aliphatic rings. The summed E-state index contributed by atoms with van der Waals surface area (Å²) in [6, 6.07) is 11.9. The zero-order valence-electron chi connectivity index (χ0n) is 12.2. The number of benzene rings is 2. The van der Waals surface area contributed by atoms with E-state index in [4.69, 9.17) is 0 Å². The summed E-state index contributed by atoms with van der Waals surface area (Å²) in [7, 11) is 0. The van der Waals surface area contributed by atoms with Crippen LogP contribution < -0.4 is 0 Å². The molecule has 0 saturated heterocycles. The SMILES string of the molecule is CCc1ccc(C(=O)c2ccccc2C(=O)O)cc1CC. The lowest BCUT2D eigenvalue weighted by Crippen LogP contribution is -2.10. The normalized spacial score (nSPS) is 10.4. The van der Waals surface area contributed by atoms with Crippen molar-refractivity contribution >= 4 is 11.8 Å². The van der Waals surface area contributed by atoms with Crippen molar-refractivity contribution in [2.75, 3.05) is 0 Å². The number of carbonyl (C=O) groups is 2. The number of carbonyl (C=O) groups excluding carboxylic acids is 1. The van der Waals surface area contributed by atoms with Gasteiger partial charge in [0.15, 0.2) is 5.78 Å². The third kappa shape index (κ3) is 3.02. The average molecular weight is 282 g/mol. The maximum atomic E-state index is 12.6. The van der Waals surface area contributed by atoms with E-state index in [1.165, 1.54) is 11.6 Å². The molecule has 0 atom stereocenters. The van der Waals surface area contributed by atoms with Gasteiger partial charge >= 0.3 is 5.97 Å². The first-order valence-corrected chi connectivity index (χ1v) is 7.07. The maximum Gasteiger partial charge on any atom is 0.336 e. The van der Waals surface area contributed by atoms with Crippen LogP contribution in [-0.2, 0) is 12.8 Å². The smallest absolute Gasteiger partial charge is 0.336 e. The second-order valence-electron chi connectivity index (χ2n) is 4.87. The van der Waals surface area contributed by atoms with Gasteiger partial charge in [-0.3, -0.25) is 4.79 Å². The number of carboxylic acid groups (broad SMARTS) is 1. The van der Waals surface area contributed by atoms with Crippen LogP contribution in [0.1, 0.15) is 51.3 Å². The summed E-state index contributed by atoms with van der Waals surface area (Å²) >= 11 is 0. The zero-order chi connectivity index (χ0) is 15.4. The third-order valence-corrected chi connectivity index (χ3v) is 3.63. The number of hydrogen-bond acceptors (Lipinski definition) is 2. The van der Waals surface area contributed by atoms with E-state index in [2.05, 4.69) is 6.92 Å². The number of aryl methyl sites for hydroxylation is 2. The van der Waals surface area contributed by atoms with Gasteiger partial charge in [-0.25, -0.2) is 4.79 Å². The molecule has 2 aromatic carbocycles. The molecule has 108 valence electrons. The Kier molecular flexibility index (Phi) is 4.53. The number of ketones is 1. The van der Waals surface area contributed by atoms with Gasteiger partial charge in [-0.05, 0) is 36.1 Å². The lowest BCUT2D eigenvalue weighted by Gasteiger charge is -2.09. The Balaban J connectivity index is 2.48. The molecule has 0 saturated carbocycles. The quantitative estimate of drug-likeness (QED) is 0.850. The van der Waals surface area contributed by atoms with Crippen LogP contribution in [0.15, 0.2) is 42.5 Å². The molecule has 0 heterocycles. The molecule has 0 unspecified atom stereocenters. The number of carboxylic acids is 1. The van der Waals surface area contributed by atoms with Gasteiger partial charge in [-0.2, -0.15) is 0 Å². The lowest BCUT2D eigenvalue weighted by atomic mass is 9.94. The van der Waals surface area contributed by atoms with Crippen LogP contribution in [-0.4, -0.2) is 16.9 Å². The Hall–Kier alpha value is -2.42. The van der Waals surface area contributed by atoms with Crippen molar-refractivity contribution in [2.24, 2.45) is 0 Å². The van der Waals surface area contributed by atoms with E-state index in [9.17, 15) is 14.7 Å². The summed E-state index contributed by atoms with van der Waals surface area (Å²) in [5, 5.41) is 9.19. The van der Waals surface area contributed by atoms with E-state index in [0.29, 0.717) is 5.56 Å². The van der Waals surface area contributed by atoms with Crippen molar-refractivity contribution in [3.63, 3.8) is 0 Å². The molecule has 0 bridgehead atoms. The average Bonchev–Trinajstić information content (AvgIpc) is 2.53. The second kappa shape index (κ2) is 6.35. The van der Waals surface area contributed by atoms with Crippen molar-refractivity contribution in [2.45, 2.75) is 26.7 Å². The number of hydrogen-bond donors (Lipinski definition) is 1. The molecule has 0 spiro atoms. The van der Waals surface area contributed by atoms with Crippen molar-refractivity contribution in [1.29, 1.82) is 0 Å². The Bertz CT molecular complexity index is 687. The van der Waals surface area contributed by atoms with Crippen LogP contribution in [0, 0.1) is 0 Å². The molecule has 0 aliphatic heterocycles. The summed E-state index contributed by atoms with van der Waals surface area (Å²) in [6.07, 6.45) is 1.77. The highest BCUT2D eigenvalue weighted by Gasteiger charge is 2.17. The maximum absolute atomic E-state index is 12.6. The van der Waals surface area contributed by atoms with Crippen LogP contribution in [0.25, 0.3) is 0 Å². The van der Waals surface area contributed by atoms with Gasteiger partial charge < -0.3 is 5.11 Å². The van der Waals surface area contributed by atoms with Gasteiger partial charge in [0, 0.05) is 11.1 Å². The topological polar surface area (TPSA) is 54.4 Å². The summed E-state index contributed by atoms with van der Waals surface area (Å²) in [6.45, 7) is 4.13. The Labute approximate surface area is 124 Å². The minimum Gasteiger partial charge on any atom is -0.478 e. The van der Waals surface area contributed by atoms with Crippen LogP contribution in [0.2, 0.25) is 0 Å². The van der Waals surface area contributed by atoms with Gasteiger partial charge in [0.25, 0.3) is 0 Å². The van der Waals surface area contributed by atoms with Crippen molar-refractivity contribution in [3.05, 3.63) is 70.3 Å².